The Kier molecular flexibility index (Phi) is 4.26. The maximum absolute atomic E-state index is 12.5. The van der Waals surface area contributed by atoms with Crippen molar-refractivity contribution in [2.45, 2.75) is 25.5 Å². The van der Waals surface area contributed by atoms with Crippen LogP contribution in [0.15, 0.2) is 50.2 Å². The topological polar surface area (TPSA) is 97.6 Å². The molecule has 126 valence electrons. The molecule has 0 aliphatic heterocycles. The Morgan fingerprint density at radius 1 is 1.33 bits per heavy atom. The summed E-state index contributed by atoms with van der Waals surface area (Å²) in [6.07, 6.45) is 0.981. The number of carbonyl (C=O) groups is 1. The third-order valence-corrected chi connectivity index (χ3v) is 3.89. The van der Waals surface area contributed by atoms with Crippen molar-refractivity contribution < 1.29 is 18.7 Å². The van der Waals surface area contributed by atoms with Crippen molar-refractivity contribution in [3.8, 4) is 0 Å². The van der Waals surface area contributed by atoms with Crippen LogP contribution in [0.1, 0.15) is 35.6 Å². The molecule has 0 saturated carbocycles. The summed E-state index contributed by atoms with van der Waals surface area (Å²) < 4.78 is 11.6. The van der Waals surface area contributed by atoms with Crippen LogP contribution in [0.5, 0.6) is 0 Å². The van der Waals surface area contributed by atoms with Gasteiger partial charge in [0.1, 0.15) is 11.9 Å². The first kappa shape index (κ1) is 16.1. The fourth-order valence-electron chi connectivity index (χ4n) is 2.62. The Labute approximate surface area is 137 Å². The van der Waals surface area contributed by atoms with Crippen molar-refractivity contribution in [1.29, 1.82) is 0 Å². The Hall–Kier alpha value is -2.80. The van der Waals surface area contributed by atoms with Gasteiger partial charge in [0.2, 0.25) is 0 Å². The fraction of sp³-hybridized carbons (Fsp3) is 0.294. The third kappa shape index (κ3) is 2.98. The number of nitrogens with zero attached hydrogens (tertiary/aromatic N) is 1. The van der Waals surface area contributed by atoms with E-state index in [1.54, 1.807) is 44.3 Å². The number of carbonyl (C=O) groups excluding carboxylic acids is 1. The highest BCUT2D eigenvalue weighted by molar-refractivity contribution is 6.04. The van der Waals surface area contributed by atoms with Crippen LogP contribution < -0.4 is 11.1 Å². The standard InChI is InChI=1S/C17H18N2O5/c1-10(9-13(20)14-7-4-8-23-14)18-16(21)11-5-3-6-12-15(11)24-17(22)19(12)2/h3-8,10,13,20H,9H2,1-2H3,(H,18,21). The molecular weight excluding hydrogens is 312 g/mol. The van der Waals surface area contributed by atoms with Crippen LogP contribution in [0, 0.1) is 0 Å². The first-order valence-electron chi connectivity index (χ1n) is 7.58. The van der Waals surface area contributed by atoms with E-state index < -0.39 is 11.9 Å². The number of aliphatic hydroxyl groups is 1. The van der Waals surface area contributed by atoms with Gasteiger partial charge < -0.3 is 19.3 Å². The SMILES string of the molecule is CC(CC(O)c1ccco1)NC(=O)c1cccc2c1oc(=O)n2C. The normalized spacial score (nSPS) is 13.8. The van der Waals surface area contributed by atoms with E-state index in [9.17, 15) is 14.7 Å². The van der Waals surface area contributed by atoms with Crippen molar-refractivity contribution in [3.63, 3.8) is 0 Å². The maximum atomic E-state index is 12.5. The highest BCUT2D eigenvalue weighted by atomic mass is 16.4. The zero-order chi connectivity index (χ0) is 17.3. The molecule has 2 N–H and O–H groups in total. The van der Waals surface area contributed by atoms with Gasteiger partial charge in [0.05, 0.1) is 17.3 Å². The molecule has 0 bridgehead atoms. The number of nitrogens with one attached hydrogen (secondary N) is 1. The summed E-state index contributed by atoms with van der Waals surface area (Å²) in [6.45, 7) is 1.78. The van der Waals surface area contributed by atoms with E-state index in [2.05, 4.69) is 5.32 Å². The highest BCUT2D eigenvalue weighted by Gasteiger charge is 2.20. The number of aryl methyl sites for hydroxylation is 1. The van der Waals surface area contributed by atoms with Crippen LogP contribution >= 0.6 is 0 Å². The molecule has 2 unspecified atom stereocenters. The second-order valence-corrected chi connectivity index (χ2v) is 5.72. The molecular formula is C17H18N2O5. The van der Waals surface area contributed by atoms with Crippen LogP contribution in [0.2, 0.25) is 0 Å². The number of fused-ring (bicyclic) bond motifs is 1. The smallest absolute Gasteiger partial charge is 0.419 e. The number of furan rings is 1. The molecule has 0 saturated heterocycles. The van der Waals surface area contributed by atoms with Gasteiger partial charge in [-0.15, -0.1) is 0 Å². The van der Waals surface area contributed by atoms with Gasteiger partial charge in [0.15, 0.2) is 5.58 Å². The monoisotopic (exact) mass is 330 g/mol. The lowest BCUT2D eigenvalue weighted by atomic mass is 10.1. The van der Waals surface area contributed by atoms with Crippen LogP contribution in [0.3, 0.4) is 0 Å². The fourth-order valence-corrected chi connectivity index (χ4v) is 2.62. The van der Waals surface area contributed by atoms with E-state index in [1.807, 2.05) is 0 Å². The molecule has 0 aliphatic rings. The van der Waals surface area contributed by atoms with E-state index in [0.29, 0.717) is 17.7 Å². The number of amides is 1. The average molecular weight is 330 g/mol. The molecule has 0 fully saturated rings. The molecule has 7 nitrogen and oxygen atoms in total. The predicted molar refractivity (Wildman–Crippen MR) is 86.7 cm³/mol. The first-order chi connectivity index (χ1) is 11.5. The summed E-state index contributed by atoms with van der Waals surface area (Å²) in [5.41, 5.74) is 1.08. The first-order valence-corrected chi connectivity index (χ1v) is 7.58. The molecule has 2 heterocycles. The van der Waals surface area contributed by atoms with Crippen molar-refractivity contribution >= 4 is 17.0 Å². The third-order valence-electron chi connectivity index (χ3n) is 3.89. The van der Waals surface area contributed by atoms with E-state index in [4.69, 9.17) is 8.83 Å². The minimum absolute atomic E-state index is 0.251. The molecule has 2 atom stereocenters. The molecule has 0 spiro atoms. The quantitative estimate of drug-likeness (QED) is 0.745. The van der Waals surface area contributed by atoms with Gasteiger partial charge in [0.25, 0.3) is 5.91 Å². The predicted octanol–water partition coefficient (Wildman–Crippen LogP) is 1.97. The Bertz CT molecular complexity index is 907. The molecule has 0 aliphatic carbocycles. The number of hydrogen-bond acceptors (Lipinski definition) is 5. The average Bonchev–Trinajstić information content (AvgIpc) is 3.16. The zero-order valence-electron chi connectivity index (χ0n) is 13.4. The summed E-state index contributed by atoms with van der Waals surface area (Å²) >= 11 is 0. The molecule has 1 amide bonds. The lowest BCUT2D eigenvalue weighted by Gasteiger charge is -2.16. The Morgan fingerprint density at radius 3 is 2.83 bits per heavy atom. The molecule has 7 heteroatoms. The number of benzene rings is 1. The lowest BCUT2D eigenvalue weighted by molar-refractivity contribution is 0.0903. The van der Waals surface area contributed by atoms with E-state index in [-0.39, 0.29) is 23.1 Å². The van der Waals surface area contributed by atoms with Crippen molar-refractivity contribution in [2.24, 2.45) is 7.05 Å². The second kappa shape index (κ2) is 6.37. The van der Waals surface area contributed by atoms with Gasteiger partial charge in [0, 0.05) is 19.5 Å². The highest BCUT2D eigenvalue weighted by Crippen LogP contribution is 2.20. The summed E-state index contributed by atoms with van der Waals surface area (Å²) in [5, 5.41) is 12.9. The second-order valence-electron chi connectivity index (χ2n) is 5.72. The van der Waals surface area contributed by atoms with Gasteiger partial charge in [-0.3, -0.25) is 9.36 Å². The molecule has 0 radical (unpaired) electrons. The van der Waals surface area contributed by atoms with E-state index >= 15 is 0 Å². The van der Waals surface area contributed by atoms with Gasteiger partial charge in [-0.25, -0.2) is 4.79 Å². The van der Waals surface area contributed by atoms with E-state index in [0.717, 1.165) is 0 Å². The molecule has 2 aromatic heterocycles. The van der Waals surface area contributed by atoms with Crippen LogP contribution in [-0.4, -0.2) is 21.6 Å². The molecule has 3 rings (SSSR count). The largest absolute Gasteiger partial charge is 0.467 e. The molecule has 1 aromatic carbocycles. The minimum Gasteiger partial charge on any atom is -0.467 e. The van der Waals surface area contributed by atoms with Crippen LogP contribution in [-0.2, 0) is 7.05 Å². The maximum Gasteiger partial charge on any atom is 0.419 e. The number of aliphatic hydroxyl groups excluding tert-OH is 1. The number of aromatic nitrogens is 1. The molecule has 24 heavy (non-hydrogen) atoms. The Morgan fingerprint density at radius 2 is 2.12 bits per heavy atom. The van der Waals surface area contributed by atoms with Crippen LogP contribution in [0.25, 0.3) is 11.1 Å². The lowest BCUT2D eigenvalue weighted by Crippen LogP contribution is -2.33. The van der Waals surface area contributed by atoms with Gasteiger partial charge >= 0.3 is 5.76 Å². The van der Waals surface area contributed by atoms with Crippen molar-refractivity contribution in [3.05, 3.63) is 58.5 Å². The Balaban J connectivity index is 1.75. The number of rotatable bonds is 5. The summed E-state index contributed by atoms with van der Waals surface area (Å²) in [5.74, 6) is -0.437. The van der Waals surface area contributed by atoms with Crippen molar-refractivity contribution in [2.75, 3.05) is 0 Å². The van der Waals surface area contributed by atoms with E-state index in [1.165, 1.54) is 10.8 Å². The number of oxazole rings is 1. The van der Waals surface area contributed by atoms with Crippen molar-refractivity contribution in [1.82, 2.24) is 9.88 Å². The molecule has 3 aromatic rings. The number of para-hydroxylation sites is 1. The minimum atomic E-state index is -0.805. The van der Waals surface area contributed by atoms with Gasteiger partial charge in [-0.2, -0.15) is 0 Å². The van der Waals surface area contributed by atoms with Gasteiger partial charge in [-0.1, -0.05) is 6.07 Å². The summed E-state index contributed by atoms with van der Waals surface area (Å²) in [4.78, 5) is 24.1. The summed E-state index contributed by atoms with van der Waals surface area (Å²) in [6, 6.07) is 8.06. The summed E-state index contributed by atoms with van der Waals surface area (Å²) in [7, 11) is 1.58. The van der Waals surface area contributed by atoms with Gasteiger partial charge in [-0.05, 0) is 31.2 Å². The van der Waals surface area contributed by atoms with Crippen LogP contribution in [0.4, 0.5) is 0 Å². The zero-order valence-corrected chi connectivity index (χ0v) is 13.4. The number of hydrogen-bond donors (Lipinski definition) is 2.